The molecular formula is C21H23N3O4S. The standard InChI is InChI=1S/C21H23N3O4S/c1-7-28-21(27)16-8-15(9-22)20(24-11(16)3)29-14(6)19(26)18-10(2)17(13(5)25)12(4)23-18/h8,14,23H,7H2,1-6H3/t14-/m1/s1. The summed E-state index contributed by atoms with van der Waals surface area (Å²) in [5, 5.41) is 9.29. The molecule has 0 aromatic carbocycles. The number of thioether (sulfide) groups is 1. The van der Waals surface area contributed by atoms with Gasteiger partial charge in [-0.05, 0) is 53.2 Å². The number of H-pyrrole nitrogens is 1. The summed E-state index contributed by atoms with van der Waals surface area (Å²) in [7, 11) is 0. The van der Waals surface area contributed by atoms with E-state index in [2.05, 4.69) is 9.97 Å². The molecule has 1 N–H and O–H groups in total. The number of nitriles is 1. The van der Waals surface area contributed by atoms with Crippen molar-refractivity contribution in [1.29, 1.82) is 5.26 Å². The summed E-state index contributed by atoms with van der Waals surface area (Å²) in [6.45, 7) is 10.2. The highest BCUT2D eigenvalue weighted by Gasteiger charge is 2.26. The van der Waals surface area contributed by atoms with Gasteiger partial charge in [0.2, 0.25) is 0 Å². The van der Waals surface area contributed by atoms with E-state index in [0.717, 1.165) is 11.8 Å². The van der Waals surface area contributed by atoms with Gasteiger partial charge in [0.1, 0.15) is 11.1 Å². The smallest absolute Gasteiger partial charge is 0.340 e. The van der Waals surface area contributed by atoms with Crippen molar-refractivity contribution in [1.82, 2.24) is 9.97 Å². The highest BCUT2D eigenvalue weighted by molar-refractivity contribution is 8.00. The lowest BCUT2D eigenvalue weighted by Crippen LogP contribution is -2.16. The fourth-order valence-electron chi connectivity index (χ4n) is 3.12. The number of esters is 1. The van der Waals surface area contributed by atoms with Gasteiger partial charge < -0.3 is 9.72 Å². The summed E-state index contributed by atoms with van der Waals surface area (Å²) >= 11 is 1.14. The predicted molar refractivity (Wildman–Crippen MR) is 110 cm³/mol. The van der Waals surface area contributed by atoms with Gasteiger partial charge in [0.25, 0.3) is 0 Å². The fourth-order valence-corrected chi connectivity index (χ4v) is 4.10. The van der Waals surface area contributed by atoms with E-state index in [1.165, 1.54) is 13.0 Å². The molecular weight excluding hydrogens is 390 g/mol. The Morgan fingerprint density at radius 2 is 1.97 bits per heavy atom. The van der Waals surface area contributed by atoms with Gasteiger partial charge >= 0.3 is 5.97 Å². The molecule has 0 saturated heterocycles. The molecule has 29 heavy (non-hydrogen) atoms. The third kappa shape index (κ3) is 4.57. The molecule has 0 fully saturated rings. The van der Waals surface area contributed by atoms with Crippen molar-refractivity contribution in [3.63, 3.8) is 0 Å². The van der Waals surface area contributed by atoms with Crippen molar-refractivity contribution in [2.75, 3.05) is 6.61 Å². The minimum Gasteiger partial charge on any atom is -0.462 e. The highest BCUT2D eigenvalue weighted by atomic mass is 32.2. The molecule has 1 atom stereocenters. The van der Waals surface area contributed by atoms with Crippen molar-refractivity contribution < 1.29 is 19.1 Å². The van der Waals surface area contributed by atoms with Crippen LogP contribution in [0.5, 0.6) is 0 Å². The maximum atomic E-state index is 13.0. The largest absolute Gasteiger partial charge is 0.462 e. The quantitative estimate of drug-likeness (QED) is 0.415. The van der Waals surface area contributed by atoms with E-state index in [1.807, 2.05) is 6.07 Å². The number of carbonyl (C=O) groups is 3. The summed E-state index contributed by atoms with van der Waals surface area (Å²) in [5.41, 5.74) is 3.04. The second kappa shape index (κ2) is 9.05. The van der Waals surface area contributed by atoms with Gasteiger partial charge in [-0.25, -0.2) is 9.78 Å². The molecule has 2 heterocycles. The molecule has 152 valence electrons. The SMILES string of the molecule is CCOC(=O)c1cc(C#N)c(S[C@H](C)C(=O)c2[nH]c(C)c(C(C)=O)c2C)nc1C. The first-order valence-corrected chi connectivity index (χ1v) is 10.00. The Kier molecular flexibility index (Phi) is 6.98. The molecule has 0 aliphatic rings. The fraction of sp³-hybridized carbons (Fsp3) is 0.381. The number of hydrogen-bond donors (Lipinski definition) is 1. The summed E-state index contributed by atoms with van der Waals surface area (Å²) in [4.78, 5) is 44.2. The molecule has 0 spiro atoms. The average Bonchev–Trinajstić information content (AvgIpc) is 2.95. The van der Waals surface area contributed by atoms with Crippen LogP contribution in [0.25, 0.3) is 0 Å². The number of carbonyl (C=O) groups excluding carboxylic acids is 3. The molecule has 0 saturated carbocycles. The number of nitrogens with one attached hydrogen (secondary N) is 1. The van der Waals surface area contributed by atoms with Crippen LogP contribution in [-0.4, -0.2) is 39.4 Å². The summed E-state index contributed by atoms with van der Waals surface area (Å²) in [6.07, 6.45) is 0. The molecule has 7 nitrogen and oxygen atoms in total. The molecule has 0 bridgehead atoms. The van der Waals surface area contributed by atoms with E-state index in [0.29, 0.717) is 33.2 Å². The van der Waals surface area contributed by atoms with Crippen LogP contribution in [0.1, 0.15) is 74.5 Å². The second-order valence-corrected chi connectivity index (χ2v) is 7.94. The molecule has 2 aromatic rings. The number of ketones is 2. The zero-order valence-corrected chi connectivity index (χ0v) is 18.1. The topological polar surface area (TPSA) is 113 Å². The monoisotopic (exact) mass is 413 g/mol. The van der Waals surface area contributed by atoms with E-state index < -0.39 is 11.2 Å². The van der Waals surface area contributed by atoms with Gasteiger partial charge in [-0.1, -0.05) is 11.8 Å². The van der Waals surface area contributed by atoms with Gasteiger partial charge in [0.05, 0.1) is 34.4 Å². The van der Waals surface area contributed by atoms with E-state index in [-0.39, 0.29) is 29.3 Å². The number of hydrogen-bond acceptors (Lipinski definition) is 7. The van der Waals surface area contributed by atoms with Crippen molar-refractivity contribution in [3.05, 3.63) is 45.4 Å². The number of ether oxygens (including phenoxy) is 1. The first kappa shape index (κ1) is 22.4. The maximum absolute atomic E-state index is 13.0. The third-order valence-electron chi connectivity index (χ3n) is 4.49. The number of nitrogens with zero attached hydrogens (tertiary/aromatic N) is 2. The van der Waals surface area contributed by atoms with Crippen molar-refractivity contribution in [2.24, 2.45) is 0 Å². The predicted octanol–water partition coefficient (Wildman–Crippen LogP) is 3.95. The first-order chi connectivity index (χ1) is 13.6. The molecule has 0 radical (unpaired) electrons. The Hall–Kier alpha value is -2.92. The van der Waals surface area contributed by atoms with E-state index >= 15 is 0 Å². The Bertz CT molecular complexity index is 1030. The molecule has 0 aliphatic heterocycles. The van der Waals surface area contributed by atoms with Crippen LogP contribution in [0.3, 0.4) is 0 Å². The minimum atomic E-state index is -0.556. The summed E-state index contributed by atoms with van der Waals surface area (Å²) < 4.78 is 4.99. The van der Waals surface area contributed by atoms with E-state index in [9.17, 15) is 19.6 Å². The normalized spacial score (nSPS) is 11.6. The van der Waals surface area contributed by atoms with E-state index in [4.69, 9.17) is 4.74 Å². The van der Waals surface area contributed by atoms with Crippen molar-refractivity contribution >= 4 is 29.3 Å². The van der Waals surface area contributed by atoms with Crippen LogP contribution in [0.15, 0.2) is 11.1 Å². The number of Topliss-reactive ketones (excluding diaryl/α,β-unsaturated/α-hetero) is 2. The maximum Gasteiger partial charge on any atom is 0.340 e. The number of aryl methyl sites for hydroxylation is 2. The zero-order valence-electron chi connectivity index (χ0n) is 17.3. The summed E-state index contributed by atoms with van der Waals surface area (Å²) in [5.74, 6) is -0.834. The van der Waals surface area contributed by atoms with Gasteiger partial charge in [-0.3, -0.25) is 9.59 Å². The minimum absolute atomic E-state index is 0.103. The van der Waals surface area contributed by atoms with Gasteiger partial charge in [0, 0.05) is 11.3 Å². The Labute approximate surface area is 173 Å². The molecule has 0 amide bonds. The second-order valence-electron chi connectivity index (χ2n) is 6.61. The Morgan fingerprint density at radius 3 is 2.48 bits per heavy atom. The molecule has 8 heteroatoms. The lowest BCUT2D eigenvalue weighted by atomic mass is 10.0. The molecule has 0 aliphatic carbocycles. The lowest BCUT2D eigenvalue weighted by molar-refractivity contribution is 0.0524. The molecule has 2 rings (SSSR count). The van der Waals surface area contributed by atoms with Crippen LogP contribution in [0.2, 0.25) is 0 Å². The van der Waals surface area contributed by atoms with Gasteiger partial charge in [-0.15, -0.1) is 0 Å². The van der Waals surface area contributed by atoms with Crippen molar-refractivity contribution in [2.45, 2.75) is 51.8 Å². The van der Waals surface area contributed by atoms with Crippen LogP contribution in [0.4, 0.5) is 0 Å². The Morgan fingerprint density at radius 1 is 1.31 bits per heavy atom. The lowest BCUT2D eigenvalue weighted by Gasteiger charge is -2.13. The van der Waals surface area contributed by atoms with Crippen molar-refractivity contribution in [3.8, 4) is 6.07 Å². The molecule has 2 aromatic heterocycles. The number of aromatic nitrogens is 2. The van der Waals surface area contributed by atoms with Crippen LogP contribution in [0, 0.1) is 32.1 Å². The first-order valence-electron chi connectivity index (χ1n) is 9.12. The van der Waals surface area contributed by atoms with Crippen LogP contribution < -0.4 is 0 Å². The van der Waals surface area contributed by atoms with Gasteiger partial charge in [-0.2, -0.15) is 5.26 Å². The number of pyridine rings is 1. The third-order valence-corrected chi connectivity index (χ3v) is 5.59. The number of rotatable bonds is 7. The van der Waals surface area contributed by atoms with Gasteiger partial charge in [0.15, 0.2) is 11.6 Å². The molecule has 0 unspecified atom stereocenters. The average molecular weight is 413 g/mol. The highest BCUT2D eigenvalue weighted by Crippen LogP contribution is 2.30. The van der Waals surface area contributed by atoms with Crippen LogP contribution in [-0.2, 0) is 4.74 Å². The van der Waals surface area contributed by atoms with Crippen LogP contribution >= 0.6 is 11.8 Å². The van der Waals surface area contributed by atoms with E-state index in [1.54, 1.807) is 34.6 Å². The Balaban J connectivity index is 2.34. The zero-order chi connectivity index (χ0) is 21.9. The number of aromatic amines is 1. The summed E-state index contributed by atoms with van der Waals surface area (Å²) in [6, 6.07) is 3.47.